The van der Waals surface area contributed by atoms with E-state index >= 15 is 0 Å². The molecule has 0 aromatic heterocycles. The van der Waals surface area contributed by atoms with Gasteiger partial charge in [0.2, 0.25) is 0 Å². The second-order valence-corrected chi connectivity index (χ2v) is 10.7. The molecule has 2 rings (SSSR count). The fourth-order valence-electron chi connectivity index (χ4n) is 6.17. The van der Waals surface area contributed by atoms with Crippen molar-refractivity contribution in [3.8, 4) is 0 Å². The van der Waals surface area contributed by atoms with Crippen LogP contribution < -0.4 is 0 Å². The predicted molar refractivity (Wildman–Crippen MR) is 121 cm³/mol. The van der Waals surface area contributed by atoms with Crippen molar-refractivity contribution in [1.29, 1.82) is 0 Å². The van der Waals surface area contributed by atoms with E-state index in [4.69, 9.17) is 4.74 Å². The first-order valence-corrected chi connectivity index (χ1v) is 12.7. The molecule has 1 N–H and O–H groups in total. The number of hydrogen-bond acceptors (Lipinski definition) is 3. The van der Waals surface area contributed by atoms with Crippen LogP contribution in [0, 0.1) is 35.0 Å². The van der Waals surface area contributed by atoms with Gasteiger partial charge in [-0.25, -0.2) is 0 Å². The van der Waals surface area contributed by atoms with E-state index in [1.165, 1.54) is 51.4 Å². The third-order valence-corrected chi connectivity index (χ3v) is 8.35. The molecule has 0 heterocycles. The van der Waals surface area contributed by atoms with Crippen LogP contribution in [0.4, 0.5) is 0 Å². The average Bonchev–Trinajstić information content (AvgIpc) is 2.71. The van der Waals surface area contributed by atoms with Crippen molar-refractivity contribution in [3.63, 3.8) is 0 Å². The summed E-state index contributed by atoms with van der Waals surface area (Å²) in [7, 11) is 0. The lowest BCUT2D eigenvalue weighted by Gasteiger charge is -2.48. The van der Waals surface area contributed by atoms with Gasteiger partial charge < -0.3 is 9.84 Å². The zero-order valence-electron chi connectivity index (χ0n) is 20.0. The van der Waals surface area contributed by atoms with Gasteiger partial charge in [-0.1, -0.05) is 85.5 Å². The minimum absolute atomic E-state index is 0.153. The number of rotatable bonds is 11. The van der Waals surface area contributed by atoms with Gasteiger partial charge in [-0.15, -0.1) is 0 Å². The first kappa shape index (κ1) is 25.2. The van der Waals surface area contributed by atoms with E-state index in [2.05, 4.69) is 27.7 Å². The number of aliphatic carboxylic acids is 1. The topological polar surface area (TPSA) is 63.6 Å². The molecule has 174 valence electrons. The molecule has 0 saturated heterocycles. The van der Waals surface area contributed by atoms with Crippen LogP contribution in [0.3, 0.4) is 0 Å². The fourth-order valence-corrected chi connectivity index (χ4v) is 6.17. The van der Waals surface area contributed by atoms with Crippen LogP contribution >= 0.6 is 0 Å². The molecular formula is C26H46O4. The Morgan fingerprint density at radius 3 is 2.23 bits per heavy atom. The molecule has 5 unspecified atom stereocenters. The zero-order chi connectivity index (χ0) is 22.1. The lowest BCUT2D eigenvalue weighted by molar-refractivity contribution is -0.163. The number of ether oxygens (including phenoxy) is 1. The quantitative estimate of drug-likeness (QED) is 0.292. The molecule has 0 aromatic rings. The summed E-state index contributed by atoms with van der Waals surface area (Å²) in [5.74, 6) is -0.382. The van der Waals surface area contributed by atoms with Crippen LogP contribution in [-0.4, -0.2) is 23.7 Å². The van der Waals surface area contributed by atoms with E-state index in [1.54, 1.807) is 0 Å². The second-order valence-electron chi connectivity index (χ2n) is 10.7. The van der Waals surface area contributed by atoms with Gasteiger partial charge in [0.25, 0.3) is 0 Å². The Balaban J connectivity index is 1.87. The monoisotopic (exact) mass is 422 g/mol. The van der Waals surface area contributed by atoms with Crippen molar-refractivity contribution in [2.24, 2.45) is 35.0 Å². The highest BCUT2D eigenvalue weighted by Crippen LogP contribution is 2.50. The molecule has 2 fully saturated rings. The summed E-state index contributed by atoms with van der Waals surface area (Å²) >= 11 is 0. The van der Waals surface area contributed by atoms with Crippen LogP contribution in [-0.2, 0) is 14.3 Å². The Morgan fingerprint density at radius 1 is 0.933 bits per heavy atom. The van der Waals surface area contributed by atoms with Gasteiger partial charge in [-0.05, 0) is 48.9 Å². The summed E-state index contributed by atoms with van der Waals surface area (Å²) in [4.78, 5) is 24.3. The first-order valence-electron chi connectivity index (χ1n) is 12.7. The van der Waals surface area contributed by atoms with Crippen LogP contribution in [0.5, 0.6) is 0 Å². The van der Waals surface area contributed by atoms with Crippen molar-refractivity contribution in [1.82, 2.24) is 0 Å². The molecule has 0 amide bonds. The maximum absolute atomic E-state index is 12.7. The number of carboxylic acids is 1. The lowest BCUT2D eigenvalue weighted by Crippen LogP contribution is -2.43. The van der Waals surface area contributed by atoms with Gasteiger partial charge in [0.05, 0.1) is 18.4 Å². The van der Waals surface area contributed by atoms with E-state index in [1.807, 2.05) is 0 Å². The van der Waals surface area contributed by atoms with Crippen molar-refractivity contribution in [2.75, 3.05) is 6.61 Å². The third kappa shape index (κ3) is 6.72. The van der Waals surface area contributed by atoms with Crippen molar-refractivity contribution < 1.29 is 19.4 Å². The van der Waals surface area contributed by atoms with Gasteiger partial charge in [0, 0.05) is 0 Å². The smallest absolute Gasteiger partial charge is 0.309 e. The van der Waals surface area contributed by atoms with Gasteiger partial charge >= 0.3 is 11.9 Å². The van der Waals surface area contributed by atoms with Crippen LogP contribution in [0.2, 0.25) is 0 Å². The number of hydrogen-bond donors (Lipinski definition) is 1. The summed E-state index contributed by atoms with van der Waals surface area (Å²) in [6, 6.07) is 0. The molecule has 0 aromatic carbocycles. The van der Waals surface area contributed by atoms with Gasteiger partial charge in [-0.3, -0.25) is 9.59 Å². The highest BCUT2D eigenvalue weighted by molar-refractivity contribution is 5.81. The summed E-state index contributed by atoms with van der Waals surface area (Å²) in [5, 5.41) is 9.46. The zero-order valence-corrected chi connectivity index (χ0v) is 20.0. The Labute approximate surface area is 184 Å². The molecule has 4 nitrogen and oxygen atoms in total. The van der Waals surface area contributed by atoms with E-state index in [9.17, 15) is 14.7 Å². The SMILES string of the molecule is CCCCCCCCC1C(C)CCC(COC(=O)C2CCCCC2C(=O)O)C1(C)C. The van der Waals surface area contributed by atoms with Crippen molar-refractivity contribution in [2.45, 2.75) is 111 Å². The summed E-state index contributed by atoms with van der Waals surface area (Å²) in [5.41, 5.74) is 0.153. The number of carbonyl (C=O) groups is 2. The summed E-state index contributed by atoms with van der Waals surface area (Å²) < 4.78 is 5.79. The molecule has 2 saturated carbocycles. The van der Waals surface area contributed by atoms with Crippen LogP contribution in [0.15, 0.2) is 0 Å². The van der Waals surface area contributed by atoms with Crippen LogP contribution in [0.25, 0.3) is 0 Å². The predicted octanol–water partition coefficient (Wildman–Crippen LogP) is 6.86. The molecule has 5 atom stereocenters. The molecule has 0 radical (unpaired) electrons. The molecule has 2 aliphatic rings. The highest BCUT2D eigenvalue weighted by Gasteiger charge is 2.44. The largest absolute Gasteiger partial charge is 0.481 e. The Morgan fingerprint density at radius 2 is 1.57 bits per heavy atom. The van der Waals surface area contributed by atoms with Gasteiger partial charge in [-0.2, -0.15) is 0 Å². The van der Waals surface area contributed by atoms with E-state index < -0.39 is 17.8 Å². The fraction of sp³-hybridized carbons (Fsp3) is 0.923. The number of unbranched alkanes of at least 4 members (excludes halogenated alkanes) is 5. The molecule has 4 heteroatoms. The minimum atomic E-state index is -0.845. The van der Waals surface area contributed by atoms with E-state index in [0.717, 1.165) is 25.2 Å². The normalized spacial score (nSPS) is 31.3. The molecule has 0 bridgehead atoms. The maximum Gasteiger partial charge on any atom is 0.309 e. The van der Waals surface area contributed by atoms with Gasteiger partial charge in [0.15, 0.2) is 0 Å². The average molecular weight is 423 g/mol. The molecular weight excluding hydrogens is 376 g/mol. The van der Waals surface area contributed by atoms with Crippen molar-refractivity contribution in [3.05, 3.63) is 0 Å². The Hall–Kier alpha value is -1.06. The number of carbonyl (C=O) groups excluding carboxylic acids is 1. The van der Waals surface area contributed by atoms with E-state index in [0.29, 0.717) is 31.3 Å². The first-order chi connectivity index (χ1) is 14.3. The maximum atomic E-state index is 12.7. The molecule has 2 aliphatic carbocycles. The lowest BCUT2D eigenvalue weighted by atomic mass is 9.57. The standard InChI is InChI=1S/C26H46O4/c1-5-6-7-8-9-10-15-23-19(2)16-17-20(26(23,3)4)18-30-25(29)22-14-12-11-13-21(22)24(27)28/h19-23H,5-18H2,1-4H3,(H,27,28). The van der Waals surface area contributed by atoms with Gasteiger partial charge in [0.1, 0.15) is 0 Å². The Bertz CT molecular complexity index is 541. The molecule has 30 heavy (non-hydrogen) atoms. The molecule has 0 aliphatic heterocycles. The minimum Gasteiger partial charge on any atom is -0.481 e. The van der Waals surface area contributed by atoms with Crippen molar-refractivity contribution >= 4 is 11.9 Å². The Kier molecular flexibility index (Phi) is 10.2. The molecule has 0 spiro atoms. The summed E-state index contributed by atoms with van der Waals surface area (Å²) in [6.07, 6.45) is 14.6. The number of carboxylic acid groups (broad SMARTS) is 1. The van der Waals surface area contributed by atoms with Crippen LogP contribution in [0.1, 0.15) is 111 Å². The highest BCUT2D eigenvalue weighted by atomic mass is 16.5. The van der Waals surface area contributed by atoms with E-state index in [-0.39, 0.29) is 11.4 Å². The second kappa shape index (κ2) is 12.1. The summed E-state index contributed by atoms with van der Waals surface area (Å²) in [6.45, 7) is 9.84. The number of esters is 1. The third-order valence-electron chi connectivity index (χ3n) is 8.35.